The molecule has 2 amide bonds. The number of piperidine rings is 1. The van der Waals surface area contributed by atoms with Crippen molar-refractivity contribution in [3.05, 3.63) is 211 Å². The Labute approximate surface area is 841 Å². The molecule has 3 aliphatic heterocycles. The third-order valence-corrected chi connectivity index (χ3v) is 26.9. The quantitative estimate of drug-likeness (QED) is 0.00957. The number of likely N-dealkylation sites (tertiary alicyclic amines) is 2. The SMILES string of the molecule is CCN(CC)CCN(/N=C/c1cc(-c2cncn2C)nc2cc(C)c(CCCOC)cc12)C(N)=S.Cc1cc2nc(-c3cncn3C)cc(/C=N/N(CCN(C)C)C(N)=S)c2cc1CC1CCOCC1.[C-]#[N+]CCc1cc2c(/C=N/N(CC3CCCCN3C)C(N)=O)cc(-c3cncn3C)nc2cc1Cl.[C-]#[N+]CCc1cc2c(/C=N/N(CC3CCCN3C)C(N)=S)cc(-c3cncn3C)nc2cc1Cl. The number of fused-ring (bicyclic) bond motifs is 4. The third kappa shape index (κ3) is 28.5. The van der Waals surface area contributed by atoms with Crippen molar-refractivity contribution in [3.63, 3.8) is 0 Å². The average molecular weight is 1980 g/mol. The van der Waals surface area contributed by atoms with E-state index < -0.39 is 6.03 Å². The van der Waals surface area contributed by atoms with Crippen LogP contribution in [0.4, 0.5) is 4.79 Å². The molecule has 732 valence electrons. The lowest BCUT2D eigenvalue weighted by molar-refractivity contribution is 0.0665. The molecule has 15 rings (SSSR count). The number of rotatable bonds is 34. The summed E-state index contributed by atoms with van der Waals surface area (Å²) in [6, 6.07) is 24.5. The Morgan fingerprint density at radius 1 is 0.496 bits per heavy atom. The number of halogens is 2. The summed E-state index contributed by atoms with van der Waals surface area (Å²) in [6.07, 6.45) is 33.2. The van der Waals surface area contributed by atoms with E-state index in [2.05, 4.69) is 143 Å². The fourth-order valence-corrected chi connectivity index (χ4v) is 18.1. The first-order valence-electron chi connectivity index (χ1n) is 46.9. The van der Waals surface area contributed by atoms with Gasteiger partial charge in [-0.15, -0.1) is 0 Å². The Hall–Kier alpha value is -12.3. The van der Waals surface area contributed by atoms with Crippen LogP contribution in [0.1, 0.15) is 121 Å². The predicted molar refractivity (Wildman–Crippen MR) is 572 cm³/mol. The van der Waals surface area contributed by atoms with Crippen LogP contribution in [0.3, 0.4) is 0 Å². The summed E-state index contributed by atoms with van der Waals surface area (Å²) < 4.78 is 18.5. The van der Waals surface area contributed by atoms with Crippen LogP contribution in [-0.2, 0) is 63.3 Å². The molecule has 0 radical (unpaired) electrons. The average Bonchev–Trinajstić information content (AvgIpc) is 1.64. The molecule has 3 saturated heterocycles. The number of hydrazone groups is 4. The number of pyridine rings is 4. The molecule has 3 fully saturated rings. The number of aryl methyl sites for hydroxylation is 7. The largest absolute Gasteiger partial charge is 0.385 e. The second kappa shape index (κ2) is 51.0. The summed E-state index contributed by atoms with van der Waals surface area (Å²) in [6.45, 7) is 34.0. The molecular weight excluding hydrogens is 1850 g/mol. The molecule has 12 aromatic rings. The van der Waals surface area contributed by atoms with Gasteiger partial charge in [0, 0.05) is 147 Å². The number of thiocarbonyl (C=S) groups is 3. The van der Waals surface area contributed by atoms with Crippen molar-refractivity contribution in [2.24, 2.45) is 77.4 Å². The van der Waals surface area contributed by atoms with Crippen LogP contribution in [0.15, 0.2) is 143 Å². The summed E-state index contributed by atoms with van der Waals surface area (Å²) in [5, 5.41) is 30.7. The molecule has 11 heterocycles. The van der Waals surface area contributed by atoms with E-state index in [9.17, 15) is 4.79 Å². The molecule has 4 aromatic carbocycles. The minimum atomic E-state index is -0.591. The summed E-state index contributed by atoms with van der Waals surface area (Å²) in [5.41, 5.74) is 44.2. The number of amides is 2. The van der Waals surface area contributed by atoms with Crippen LogP contribution in [0.2, 0.25) is 10.0 Å². The van der Waals surface area contributed by atoms with Crippen LogP contribution < -0.4 is 22.9 Å². The fraction of sp³-hybridized carbons (Fsp3) is 0.426. The van der Waals surface area contributed by atoms with Crippen LogP contribution in [0.5, 0.6) is 0 Å². The zero-order chi connectivity index (χ0) is 99.5. The normalized spacial score (nSPS) is 14.9. The number of hydrogen-bond donors (Lipinski definition) is 4. The van der Waals surface area contributed by atoms with Gasteiger partial charge in [-0.3, -0.25) is 0 Å². The molecule has 0 spiro atoms. The topological polar surface area (TPSA) is 347 Å². The van der Waals surface area contributed by atoms with Gasteiger partial charge in [-0.1, -0.05) is 43.5 Å². The number of imidazole rings is 4. The number of ether oxygens (including phenoxy) is 2. The first-order valence-corrected chi connectivity index (χ1v) is 48.9. The Kier molecular flexibility index (Phi) is 38.8. The molecule has 139 heavy (non-hydrogen) atoms. The van der Waals surface area contributed by atoms with Gasteiger partial charge < -0.3 is 80.0 Å². The van der Waals surface area contributed by atoms with Gasteiger partial charge in [0.2, 0.25) is 13.1 Å². The van der Waals surface area contributed by atoms with Crippen molar-refractivity contribution >= 4 is 150 Å². The molecule has 0 bridgehead atoms. The maximum atomic E-state index is 12.2. The lowest BCUT2D eigenvalue weighted by Crippen LogP contribution is -2.46. The molecule has 38 heteroatoms. The zero-order valence-electron chi connectivity index (χ0n) is 81.8. The van der Waals surface area contributed by atoms with Crippen molar-refractivity contribution in [1.29, 1.82) is 0 Å². The van der Waals surface area contributed by atoms with E-state index in [-0.39, 0.29) is 21.4 Å². The summed E-state index contributed by atoms with van der Waals surface area (Å²) in [7, 11) is 17.7. The molecular formula is C101H128Cl2N30O3S3. The van der Waals surface area contributed by atoms with Crippen LogP contribution in [0.25, 0.3) is 98.9 Å². The first-order chi connectivity index (χ1) is 66.9. The van der Waals surface area contributed by atoms with Crippen LogP contribution in [0, 0.1) is 32.9 Å². The number of methoxy groups -OCH3 is 1. The number of primary amides is 1. The van der Waals surface area contributed by atoms with E-state index in [1.165, 1.54) is 27.3 Å². The number of nitrogens with two attached hydrogens (primary N) is 4. The number of carbonyl (C=O) groups excluding carboxylic acids is 1. The number of hydrogen-bond acceptors (Lipinski definition) is 22. The highest BCUT2D eigenvalue weighted by atomic mass is 35.5. The molecule has 33 nitrogen and oxygen atoms in total. The second-order valence-electron chi connectivity index (χ2n) is 35.6. The van der Waals surface area contributed by atoms with Crippen molar-refractivity contribution in [3.8, 4) is 45.6 Å². The Morgan fingerprint density at radius 3 is 1.24 bits per heavy atom. The van der Waals surface area contributed by atoms with Gasteiger partial charge in [0.1, 0.15) is 0 Å². The zero-order valence-corrected chi connectivity index (χ0v) is 85.8. The maximum absolute atomic E-state index is 12.2. The third-order valence-electron chi connectivity index (χ3n) is 25.6. The summed E-state index contributed by atoms with van der Waals surface area (Å²) >= 11 is 28.9. The van der Waals surface area contributed by atoms with Gasteiger partial charge >= 0.3 is 6.03 Å². The Balaban J connectivity index is 0.000000166. The lowest BCUT2D eigenvalue weighted by Gasteiger charge is -2.34. The van der Waals surface area contributed by atoms with Gasteiger partial charge in [0.05, 0.1) is 169 Å². The van der Waals surface area contributed by atoms with Gasteiger partial charge in [-0.2, -0.15) is 20.4 Å². The molecule has 0 aliphatic carbocycles. The monoisotopic (exact) mass is 1970 g/mol. The highest BCUT2D eigenvalue weighted by Crippen LogP contribution is 2.35. The van der Waals surface area contributed by atoms with Crippen LogP contribution >= 0.6 is 59.9 Å². The lowest BCUT2D eigenvalue weighted by atomic mass is 9.89. The highest BCUT2D eigenvalue weighted by molar-refractivity contribution is 7.80. The van der Waals surface area contributed by atoms with Gasteiger partial charge in [-0.05, 0) is 275 Å². The van der Waals surface area contributed by atoms with E-state index in [0.717, 1.165) is 235 Å². The highest BCUT2D eigenvalue weighted by Gasteiger charge is 2.28. The summed E-state index contributed by atoms with van der Waals surface area (Å²) in [4.78, 5) is 64.7. The number of carbonyl (C=O) groups is 1. The van der Waals surface area contributed by atoms with E-state index in [1.807, 2.05) is 122 Å². The van der Waals surface area contributed by atoms with Gasteiger partial charge in [0.25, 0.3) is 0 Å². The minimum absolute atomic E-state index is 0.214. The van der Waals surface area contributed by atoms with Crippen molar-refractivity contribution in [1.82, 2.24) is 97.8 Å². The molecule has 8 aromatic heterocycles. The minimum Gasteiger partial charge on any atom is -0.385 e. The van der Waals surface area contributed by atoms with Crippen molar-refractivity contribution in [2.75, 3.05) is 134 Å². The smallest absolute Gasteiger partial charge is 0.335 e. The van der Waals surface area contributed by atoms with Crippen molar-refractivity contribution in [2.45, 2.75) is 117 Å². The number of likely N-dealkylation sites (N-methyl/N-ethyl adjacent to an activating group) is 4. The molecule has 2 atom stereocenters. The van der Waals surface area contributed by atoms with E-state index in [1.54, 1.807) is 72.3 Å². The molecule has 3 aliphatic rings. The predicted octanol–water partition coefficient (Wildman–Crippen LogP) is 14.8. The van der Waals surface area contributed by atoms with Crippen LogP contribution in [-0.4, -0.2) is 290 Å². The number of urea groups is 1. The van der Waals surface area contributed by atoms with Gasteiger partial charge in [-0.25, -0.2) is 77.8 Å². The molecule has 0 saturated carbocycles. The number of benzene rings is 4. The fourth-order valence-electron chi connectivity index (χ4n) is 17.2. The molecule has 2 unspecified atom stereocenters. The summed E-state index contributed by atoms with van der Waals surface area (Å²) in [5.74, 6) is 0.648. The first kappa shape index (κ1) is 106. The number of nitrogens with zero attached hydrogens (tertiary/aromatic N) is 26. The van der Waals surface area contributed by atoms with E-state index >= 15 is 0 Å². The Bertz CT molecular complexity index is 6500. The number of aromatic nitrogens is 12. The van der Waals surface area contributed by atoms with E-state index in [0.29, 0.717) is 85.3 Å². The van der Waals surface area contributed by atoms with Gasteiger partial charge in [0.15, 0.2) is 15.3 Å². The molecule has 8 N–H and O–H groups in total. The van der Waals surface area contributed by atoms with E-state index in [4.69, 9.17) is 130 Å². The maximum Gasteiger partial charge on any atom is 0.335 e. The Morgan fingerprint density at radius 2 is 0.871 bits per heavy atom. The van der Waals surface area contributed by atoms with Crippen molar-refractivity contribution < 1.29 is 14.3 Å². The second-order valence-corrected chi connectivity index (χ2v) is 37.6. The standard InChI is InChI=1S/C26H35N7OS.C26H37N7OS.C25H29ClN8O.C24H27ClN8S/c1-18-11-23-22(13-20(18)12-19-5-9-34-10-6-19)21(14-24(30-23)25-16-28-17-32(25)4)15-29-33(26(27)35)8-7-31(2)3;1-6-32(7-2)10-11-33(26(27)35)29-16-21-15-24(25-17-28-18-31(25)4)30-23-13-19(3)20(14-22(21)23)9-8-12-34-5;1-28-8-7-17-10-20-18(13-30-34(25(27)35)15-19-6-4-5-9-32(19)2)11-23(24-14-29-16-33(24)3)31-22(20)12-21(17)26;1-27-7-6-16-9-19-17(12-29-33(24(26)34)14-18-5-4-8-31(18)2)10-22(23-13-28-15-32(23)3)30-21(19)11-20(16)25/h11,13-17,19H,5-10,12H2,1-4H3,(H2,27,35);13-18H,6-12H2,1-5H3,(H2,27,35);10-14,16,19H,4-9,15H2,2-3H3,(H2,27,35);9-13,15,18H,4-8,14H2,2-3H3,(H2,26,34)/b29-15+;29-16+;30-13+;29-12+.